The van der Waals surface area contributed by atoms with Gasteiger partial charge in [0, 0.05) is 10.7 Å². The highest BCUT2D eigenvalue weighted by atomic mass is 35.5. The lowest BCUT2D eigenvalue weighted by Gasteiger charge is -2.10. The van der Waals surface area contributed by atoms with Gasteiger partial charge in [-0.1, -0.05) is 31.5 Å². The number of esters is 1. The maximum absolute atomic E-state index is 12.9. The number of amides is 1. The van der Waals surface area contributed by atoms with E-state index in [2.05, 4.69) is 10.3 Å². The number of nitrogens with zero attached hydrogens (tertiary/aromatic N) is 2. The van der Waals surface area contributed by atoms with Crippen LogP contribution in [0.1, 0.15) is 34.6 Å². The van der Waals surface area contributed by atoms with Crippen molar-refractivity contribution in [2.45, 2.75) is 34.2 Å². The predicted octanol–water partition coefficient (Wildman–Crippen LogP) is 4.18. The van der Waals surface area contributed by atoms with Crippen molar-refractivity contribution in [2.24, 2.45) is 5.92 Å². The van der Waals surface area contributed by atoms with Gasteiger partial charge in [0.1, 0.15) is 16.3 Å². The normalized spacial score (nSPS) is 11.1. The number of carbonyl (C=O) groups is 2. The lowest BCUT2D eigenvalue weighted by molar-refractivity contribution is -0.116. The van der Waals surface area contributed by atoms with Gasteiger partial charge in [-0.15, -0.1) is 11.3 Å². The average molecular weight is 448 g/mol. The summed E-state index contributed by atoms with van der Waals surface area (Å²) in [5, 5.41) is 3.58. The molecule has 0 radical (unpaired) electrons. The summed E-state index contributed by atoms with van der Waals surface area (Å²) in [4.78, 5) is 42.8. The first-order valence-electron chi connectivity index (χ1n) is 9.39. The summed E-state index contributed by atoms with van der Waals surface area (Å²) < 4.78 is 6.50. The standard InChI is InChI=1S/C21H22ClN3O4S/c1-11(2)9-29-21(28)18-13(4)17-19(30-18)23-10-25(20(17)27)8-16(26)24-15-7-14(22)6-5-12(15)3/h5-7,10-11H,8-9H2,1-4H3,(H,24,26). The molecule has 0 atom stereocenters. The Bertz CT molecular complexity index is 1180. The molecule has 9 heteroatoms. The second kappa shape index (κ2) is 8.97. The first kappa shape index (κ1) is 22.0. The topological polar surface area (TPSA) is 90.3 Å². The number of nitrogens with one attached hydrogen (secondary N) is 1. The van der Waals surface area contributed by atoms with E-state index in [1.807, 2.05) is 20.8 Å². The third-order valence-corrected chi connectivity index (χ3v) is 5.85. The van der Waals surface area contributed by atoms with Gasteiger partial charge in [-0.2, -0.15) is 0 Å². The van der Waals surface area contributed by atoms with E-state index in [0.717, 1.165) is 16.9 Å². The van der Waals surface area contributed by atoms with Crippen LogP contribution in [0.5, 0.6) is 0 Å². The smallest absolute Gasteiger partial charge is 0.348 e. The maximum Gasteiger partial charge on any atom is 0.348 e. The van der Waals surface area contributed by atoms with Crippen molar-refractivity contribution < 1.29 is 14.3 Å². The van der Waals surface area contributed by atoms with Crippen molar-refractivity contribution in [2.75, 3.05) is 11.9 Å². The van der Waals surface area contributed by atoms with E-state index in [0.29, 0.717) is 38.0 Å². The Morgan fingerprint density at radius 2 is 2.03 bits per heavy atom. The monoisotopic (exact) mass is 447 g/mol. The number of rotatable bonds is 6. The number of carbonyl (C=O) groups excluding carboxylic acids is 2. The Balaban J connectivity index is 1.85. The quantitative estimate of drug-likeness (QED) is 0.572. The number of thiophene rings is 1. The van der Waals surface area contributed by atoms with Crippen LogP contribution >= 0.6 is 22.9 Å². The first-order valence-corrected chi connectivity index (χ1v) is 10.6. The molecule has 0 aliphatic heterocycles. The van der Waals surface area contributed by atoms with E-state index in [-0.39, 0.29) is 23.9 Å². The fourth-order valence-electron chi connectivity index (χ4n) is 2.85. The number of aromatic nitrogens is 2. The zero-order valence-corrected chi connectivity index (χ0v) is 18.7. The molecule has 0 unspecified atom stereocenters. The number of anilines is 1. The Labute approximate surface area is 182 Å². The van der Waals surface area contributed by atoms with Crippen molar-refractivity contribution in [1.29, 1.82) is 0 Å². The molecule has 0 saturated heterocycles. The molecule has 0 aliphatic carbocycles. The van der Waals surface area contributed by atoms with Crippen LogP contribution < -0.4 is 10.9 Å². The van der Waals surface area contributed by atoms with Crippen molar-refractivity contribution in [1.82, 2.24) is 9.55 Å². The minimum Gasteiger partial charge on any atom is -0.461 e. The summed E-state index contributed by atoms with van der Waals surface area (Å²) in [7, 11) is 0. The molecular formula is C21H22ClN3O4S. The minimum atomic E-state index is -0.468. The first-order chi connectivity index (χ1) is 14.2. The summed E-state index contributed by atoms with van der Waals surface area (Å²) in [6, 6.07) is 5.18. The SMILES string of the molecule is Cc1ccc(Cl)cc1NC(=O)Cn1cnc2sc(C(=O)OCC(C)C)c(C)c2c1=O. The molecule has 1 N–H and O–H groups in total. The highest BCUT2D eigenvalue weighted by Crippen LogP contribution is 2.27. The number of halogens is 1. The van der Waals surface area contributed by atoms with E-state index in [1.165, 1.54) is 10.9 Å². The van der Waals surface area contributed by atoms with Crippen molar-refractivity contribution >= 4 is 50.7 Å². The molecular weight excluding hydrogens is 426 g/mol. The summed E-state index contributed by atoms with van der Waals surface area (Å²) in [5.74, 6) is -0.641. The van der Waals surface area contributed by atoms with E-state index in [9.17, 15) is 14.4 Å². The Hall–Kier alpha value is -2.71. The Morgan fingerprint density at radius 1 is 1.30 bits per heavy atom. The molecule has 0 bridgehead atoms. The zero-order chi connectivity index (χ0) is 22.0. The minimum absolute atomic E-state index is 0.209. The highest BCUT2D eigenvalue weighted by molar-refractivity contribution is 7.20. The van der Waals surface area contributed by atoms with Crippen LogP contribution in [0.4, 0.5) is 5.69 Å². The third-order valence-electron chi connectivity index (χ3n) is 4.44. The largest absolute Gasteiger partial charge is 0.461 e. The molecule has 0 fully saturated rings. The van der Waals surface area contributed by atoms with E-state index in [1.54, 1.807) is 25.1 Å². The molecule has 0 spiro atoms. The fraction of sp³-hybridized carbons (Fsp3) is 0.333. The number of fused-ring (bicyclic) bond motifs is 1. The number of hydrogen-bond acceptors (Lipinski definition) is 6. The Kier molecular flexibility index (Phi) is 6.58. The van der Waals surface area contributed by atoms with Crippen molar-refractivity contribution in [3.63, 3.8) is 0 Å². The van der Waals surface area contributed by atoms with Crippen LogP contribution in [0, 0.1) is 19.8 Å². The maximum atomic E-state index is 12.9. The lowest BCUT2D eigenvalue weighted by atomic mass is 10.2. The molecule has 3 aromatic rings. The molecule has 2 heterocycles. The van der Waals surface area contributed by atoms with Gasteiger partial charge < -0.3 is 10.1 Å². The lowest BCUT2D eigenvalue weighted by Crippen LogP contribution is -2.28. The van der Waals surface area contributed by atoms with Gasteiger partial charge in [-0.05, 0) is 43.0 Å². The summed E-state index contributed by atoms with van der Waals surface area (Å²) in [5.41, 5.74) is 1.57. The molecule has 7 nitrogen and oxygen atoms in total. The van der Waals surface area contributed by atoms with E-state index >= 15 is 0 Å². The summed E-state index contributed by atoms with van der Waals surface area (Å²) >= 11 is 7.10. The van der Waals surface area contributed by atoms with Gasteiger partial charge in [-0.25, -0.2) is 9.78 Å². The molecule has 0 aliphatic rings. The number of benzene rings is 1. The second-order valence-corrected chi connectivity index (χ2v) is 8.85. The van der Waals surface area contributed by atoms with Crippen LogP contribution in [0.15, 0.2) is 29.3 Å². The number of ether oxygens (including phenoxy) is 1. The van der Waals surface area contributed by atoms with E-state index in [4.69, 9.17) is 16.3 Å². The third kappa shape index (κ3) is 4.71. The average Bonchev–Trinajstić information content (AvgIpc) is 3.02. The number of aryl methyl sites for hydroxylation is 2. The second-order valence-electron chi connectivity index (χ2n) is 7.41. The van der Waals surface area contributed by atoms with Crippen LogP contribution in [0.2, 0.25) is 5.02 Å². The Morgan fingerprint density at radius 3 is 2.73 bits per heavy atom. The predicted molar refractivity (Wildman–Crippen MR) is 119 cm³/mol. The van der Waals surface area contributed by atoms with Crippen LogP contribution in [0.3, 0.4) is 0 Å². The van der Waals surface area contributed by atoms with Gasteiger partial charge in [0.05, 0.1) is 18.3 Å². The highest BCUT2D eigenvalue weighted by Gasteiger charge is 2.21. The molecule has 3 rings (SSSR count). The van der Waals surface area contributed by atoms with E-state index < -0.39 is 5.97 Å². The summed E-state index contributed by atoms with van der Waals surface area (Å²) in [6.07, 6.45) is 1.31. The molecule has 1 aromatic carbocycles. The van der Waals surface area contributed by atoms with Gasteiger partial charge >= 0.3 is 5.97 Å². The van der Waals surface area contributed by atoms with Crippen molar-refractivity contribution in [3.8, 4) is 0 Å². The number of hydrogen-bond donors (Lipinski definition) is 1. The van der Waals surface area contributed by atoms with Crippen molar-refractivity contribution in [3.05, 3.63) is 55.9 Å². The van der Waals surface area contributed by atoms with Crippen LogP contribution in [0.25, 0.3) is 10.2 Å². The van der Waals surface area contributed by atoms with Gasteiger partial charge in [0.15, 0.2) is 0 Å². The molecule has 30 heavy (non-hydrogen) atoms. The van der Waals surface area contributed by atoms with Gasteiger partial charge in [-0.3, -0.25) is 14.2 Å². The summed E-state index contributed by atoms with van der Waals surface area (Å²) in [6.45, 7) is 7.51. The fourth-order valence-corrected chi connectivity index (χ4v) is 4.05. The van der Waals surface area contributed by atoms with Gasteiger partial charge in [0.25, 0.3) is 5.56 Å². The van der Waals surface area contributed by atoms with Crippen LogP contribution in [-0.4, -0.2) is 28.0 Å². The molecule has 0 saturated carbocycles. The molecule has 2 aromatic heterocycles. The molecule has 158 valence electrons. The molecule has 1 amide bonds. The zero-order valence-electron chi connectivity index (χ0n) is 17.1. The van der Waals surface area contributed by atoms with Gasteiger partial charge in [0.2, 0.25) is 5.91 Å². The van der Waals surface area contributed by atoms with Crippen LogP contribution in [-0.2, 0) is 16.1 Å².